The fourth-order valence-electron chi connectivity index (χ4n) is 4.12. The van der Waals surface area contributed by atoms with Gasteiger partial charge in [0.1, 0.15) is 17.3 Å². The van der Waals surface area contributed by atoms with Crippen LogP contribution in [0.5, 0.6) is 0 Å². The molecule has 0 aliphatic carbocycles. The summed E-state index contributed by atoms with van der Waals surface area (Å²) in [6.07, 6.45) is 4.50. The van der Waals surface area contributed by atoms with Gasteiger partial charge in [0.15, 0.2) is 0 Å². The van der Waals surface area contributed by atoms with E-state index in [4.69, 9.17) is 11.6 Å². The van der Waals surface area contributed by atoms with Gasteiger partial charge in [0, 0.05) is 23.7 Å². The van der Waals surface area contributed by atoms with Gasteiger partial charge in [-0.3, -0.25) is 9.69 Å². The number of benzene rings is 1. The Labute approximate surface area is 170 Å². The molecule has 2 N–H and O–H groups in total. The number of nitrogens with one attached hydrogen (secondary N) is 2. The van der Waals surface area contributed by atoms with Crippen molar-refractivity contribution in [1.29, 1.82) is 0 Å². The smallest absolute Gasteiger partial charge is 0.270 e. The number of rotatable bonds is 5. The summed E-state index contributed by atoms with van der Waals surface area (Å²) in [4.78, 5) is 23.7. The molecule has 0 radical (unpaired) electrons. The maximum atomic E-state index is 12.2. The van der Waals surface area contributed by atoms with E-state index in [1.807, 2.05) is 19.1 Å². The average Bonchev–Trinajstić information content (AvgIpc) is 2.71. The molecule has 1 saturated heterocycles. The molecule has 1 aromatic heterocycles. The Bertz CT molecular complexity index is 849. The Kier molecular flexibility index (Phi) is 5.78. The number of aromatic nitrogens is 2. The molecule has 6 nitrogen and oxygen atoms in total. The summed E-state index contributed by atoms with van der Waals surface area (Å²) in [6, 6.07) is 8.36. The monoisotopic (exact) mass is 399 g/mol. The highest BCUT2D eigenvalue weighted by Crippen LogP contribution is 2.27. The molecule has 2 aliphatic rings. The first kappa shape index (κ1) is 19.2. The third kappa shape index (κ3) is 4.13. The van der Waals surface area contributed by atoms with Crippen LogP contribution in [-0.4, -0.2) is 47.0 Å². The molecule has 0 bridgehead atoms. The van der Waals surface area contributed by atoms with E-state index in [0.717, 1.165) is 42.5 Å². The van der Waals surface area contributed by atoms with Crippen molar-refractivity contribution >= 4 is 23.3 Å². The number of likely N-dealkylation sites (tertiary alicyclic amines) is 1. The molecule has 1 aromatic carbocycles. The van der Waals surface area contributed by atoms with E-state index in [2.05, 4.69) is 37.6 Å². The van der Waals surface area contributed by atoms with Crippen molar-refractivity contribution in [2.45, 2.75) is 38.6 Å². The first-order chi connectivity index (χ1) is 13.6. The molecule has 2 aliphatic heterocycles. The van der Waals surface area contributed by atoms with Crippen LogP contribution in [-0.2, 0) is 6.42 Å². The lowest BCUT2D eigenvalue weighted by atomic mass is 10.0. The molecule has 1 fully saturated rings. The Hall–Kier alpha value is -2.18. The molecule has 1 atom stereocenters. The number of halogens is 1. The minimum Gasteiger partial charge on any atom is -0.368 e. The van der Waals surface area contributed by atoms with Gasteiger partial charge in [-0.25, -0.2) is 9.97 Å². The molecule has 4 rings (SSSR count). The van der Waals surface area contributed by atoms with Crippen molar-refractivity contribution in [3.8, 4) is 0 Å². The molecule has 1 amide bonds. The van der Waals surface area contributed by atoms with E-state index >= 15 is 0 Å². The third-order valence-corrected chi connectivity index (χ3v) is 5.80. The van der Waals surface area contributed by atoms with Crippen LogP contribution in [0.2, 0.25) is 5.02 Å². The Morgan fingerprint density at radius 2 is 1.93 bits per heavy atom. The predicted molar refractivity (Wildman–Crippen MR) is 111 cm³/mol. The summed E-state index contributed by atoms with van der Waals surface area (Å²) >= 11 is 6.10. The molecule has 0 saturated carbocycles. The zero-order chi connectivity index (χ0) is 19.5. The maximum Gasteiger partial charge on any atom is 0.270 e. The second kappa shape index (κ2) is 8.45. The van der Waals surface area contributed by atoms with Crippen LogP contribution in [0, 0.1) is 6.92 Å². The fraction of sp³-hybridized carbons (Fsp3) is 0.476. The van der Waals surface area contributed by atoms with E-state index < -0.39 is 0 Å². The van der Waals surface area contributed by atoms with Crippen molar-refractivity contribution in [3.05, 3.63) is 51.9 Å². The van der Waals surface area contributed by atoms with Gasteiger partial charge < -0.3 is 10.6 Å². The van der Waals surface area contributed by atoms with Crippen LogP contribution in [0.15, 0.2) is 24.3 Å². The number of hydrogen-bond acceptors (Lipinski definition) is 5. The molecule has 148 valence electrons. The lowest BCUT2D eigenvalue weighted by Gasteiger charge is -2.35. The molecule has 28 heavy (non-hydrogen) atoms. The number of aryl methyl sites for hydroxylation is 1. The second-order valence-corrected chi connectivity index (χ2v) is 7.93. The molecular weight excluding hydrogens is 374 g/mol. The molecule has 2 aromatic rings. The molecule has 3 heterocycles. The van der Waals surface area contributed by atoms with Crippen LogP contribution < -0.4 is 10.6 Å². The minimum absolute atomic E-state index is 0.111. The predicted octanol–water partition coefficient (Wildman–Crippen LogP) is 3.36. The van der Waals surface area contributed by atoms with Gasteiger partial charge in [-0.1, -0.05) is 30.2 Å². The number of amides is 1. The minimum atomic E-state index is -0.111. The summed E-state index contributed by atoms with van der Waals surface area (Å²) < 4.78 is 0. The number of fused-ring (bicyclic) bond motifs is 1. The first-order valence-corrected chi connectivity index (χ1v) is 10.4. The van der Waals surface area contributed by atoms with Crippen molar-refractivity contribution in [2.24, 2.45) is 0 Å². The van der Waals surface area contributed by atoms with E-state index in [1.165, 1.54) is 24.8 Å². The maximum absolute atomic E-state index is 12.2. The Morgan fingerprint density at radius 3 is 2.68 bits per heavy atom. The topological polar surface area (TPSA) is 70.2 Å². The Balaban J connectivity index is 1.59. The highest BCUT2D eigenvalue weighted by molar-refractivity contribution is 6.30. The zero-order valence-corrected chi connectivity index (χ0v) is 16.9. The number of piperidine rings is 1. The quantitative estimate of drug-likeness (QED) is 0.806. The average molecular weight is 400 g/mol. The van der Waals surface area contributed by atoms with Crippen molar-refractivity contribution in [3.63, 3.8) is 0 Å². The number of nitrogens with zero attached hydrogens (tertiary/aromatic N) is 3. The molecular formula is C21H26ClN5O. The standard InChI is InChI=1S/C21H26ClN5O/c1-14-25-19-17(9-10-23-21(19)28)20(26-14)24-13-18(27-11-3-2-4-12-27)15-5-7-16(22)8-6-15/h5-8,18H,2-4,9-13H2,1H3,(H,23,28)(H,24,25,26). The first-order valence-electron chi connectivity index (χ1n) is 10.0. The lowest BCUT2D eigenvalue weighted by molar-refractivity contribution is 0.0940. The van der Waals surface area contributed by atoms with Crippen LogP contribution in [0.1, 0.15) is 52.7 Å². The van der Waals surface area contributed by atoms with E-state index in [9.17, 15) is 4.79 Å². The van der Waals surface area contributed by atoms with E-state index in [1.54, 1.807) is 0 Å². The third-order valence-electron chi connectivity index (χ3n) is 5.54. The largest absolute Gasteiger partial charge is 0.368 e. The molecule has 1 unspecified atom stereocenters. The highest BCUT2D eigenvalue weighted by Gasteiger charge is 2.26. The highest BCUT2D eigenvalue weighted by atomic mass is 35.5. The van der Waals surface area contributed by atoms with Crippen LogP contribution in [0.3, 0.4) is 0 Å². The lowest BCUT2D eigenvalue weighted by Crippen LogP contribution is -2.38. The number of carbonyl (C=O) groups is 1. The normalized spacial score (nSPS) is 18.3. The van der Waals surface area contributed by atoms with Gasteiger partial charge in [-0.05, 0) is 57.0 Å². The summed E-state index contributed by atoms with van der Waals surface area (Å²) in [5.74, 6) is 1.28. The van der Waals surface area contributed by atoms with Crippen molar-refractivity contribution < 1.29 is 4.79 Å². The van der Waals surface area contributed by atoms with Gasteiger partial charge >= 0.3 is 0 Å². The molecule has 0 spiro atoms. The van der Waals surface area contributed by atoms with Gasteiger partial charge in [-0.15, -0.1) is 0 Å². The summed E-state index contributed by atoms with van der Waals surface area (Å²) in [7, 11) is 0. The van der Waals surface area contributed by atoms with Crippen LogP contribution in [0.4, 0.5) is 5.82 Å². The van der Waals surface area contributed by atoms with E-state index in [-0.39, 0.29) is 11.9 Å². The Morgan fingerprint density at radius 1 is 1.18 bits per heavy atom. The summed E-state index contributed by atoms with van der Waals surface area (Å²) in [6.45, 7) is 5.37. The van der Waals surface area contributed by atoms with Gasteiger partial charge in [-0.2, -0.15) is 0 Å². The number of anilines is 1. The van der Waals surface area contributed by atoms with Gasteiger partial charge in [0.05, 0.1) is 6.04 Å². The van der Waals surface area contributed by atoms with Gasteiger partial charge in [0.2, 0.25) is 0 Å². The van der Waals surface area contributed by atoms with E-state index in [0.29, 0.717) is 18.1 Å². The summed E-state index contributed by atoms with van der Waals surface area (Å²) in [5, 5.41) is 7.15. The van der Waals surface area contributed by atoms with Crippen molar-refractivity contribution in [2.75, 3.05) is 31.5 Å². The van der Waals surface area contributed by atoms with Crippen molar-refractivity contribution in [1.82, 2.24) is 20.2 Å². The fourth-order valence-corrected chi connectivity index (χ4v) is 4.24. The van der Waals surface area contributed by atoms with Crippen LogP contribution in [0.25, 0.3) is 0 Å². The summed E-state index contributed by atoms with van der Waals surface area (Å²) in [5.41, 5.74) is 2.67. The van der Waals surface area contributed by atoms with Crippen LogP contribution >= 0.6 is 11.6 Å². The number of carbonyl (C=O) groups excluding carboxylic acids is 1. The zero-order valence-electron chi connectivity index (χ0n) is 16.2. The SMILES string of the molecule is Cc1nc(NCC(c2ccc(Cl)cc2)N2CCCCC2)c2c(n1)C(=O)NCC2. The second-order valence-electron chi connectivity index (χ2n) is 7.50. The van der Waals surface area contributed by atoms with Gasteiger partial charge in [0.25, 0.3) is 5.91 Å². The number of hydrogen-bond donors (Lipinski definition) is 2. The molecule has 7 heteroatoms.